The molecular weight excluding hydrogens is 274 g/mol. The molecule has 3 amide bonds. The van der Waals surface area contributed by atoms with Crippen LogP contribution in [0.5, 0.6) is 0 Å². The van der Waals surface area contributed by atoms with Gasteiger partial charge in [-0.05, 0) is 19.5 Å². The first kappa shape index (κ1) is 16.6. The van der Waals surface area contributed by atoms with Crippen LogP contribution < -0.4 is 10.6 Å². The van der Waals surface area contributed by atoms with Crippen LogP contribution in [0.15, 0.2) is 30.3 Å². The van der Waals surface area contributed by atoms with E-state index in [9.17, 15) is 14.4 Å². The molecule has 0 fully saturated rings. The number of aliphatic carboxylic acids is 1. The van der Waals surface area contributed by atoms with Crippen molar-refractivity contribution >= 4 is 17.9 Å². The van der Waals surface area contributed by atoms with Crippen LogP contribution in [-0.2, 0) is 16.1 Å². The zero-order valence-corrected chi connectivity index (χ0v) is 12.0. The van der Waals surface area contributed by atoms with Crippen LogP contribution >= 0.6 is 0 Å². The molecule has 0 aliphatic rings. The van der Waals surface area contributed by atoms with E-state index < -0.39 is 23.9 Å². The van der Waals surface area contributed by atoms with E-state index in [1.165, 1.54) is 18.9 Å². The largest absolute Gasteiger partial charge is 0.480 e. The number of urea groups is 1. The first-order valence-electron chi connectivity index (χ1n) is 6.44. The third kappa shape index (κ3) is 6.05. The Labute approximate surface area is 122 Å². The van der Waals surface area contributed by atoms with E-state index >= 15 is 0 Å². The van der Waals surface area contributed by atoms with Crippen molar-refractivity contribution in [2.24, 2.45) is 0 Å². The number of likely N-dealkylation sites (N-methyl/N-ethyl adjacent to an activating group) is 1. The molecule has 3 N–H and O–H groups in total. The Balaban J connectivity index is 2.34. The second-order valence-electron chi connectivity index (χ2n) is 4.65. The number of benzene rings is 1. The molecule has 114 valence electrons. The van der Waals surface area contributed by atoms with Crippen LogP contribution in [0.1, 0.15) is 12.5 Å². The predicted molar refractivity (Wildman–Crippen MR) is 76.5 cm³/mol. The zero-order valence-electron chi connectivity index (χ0n) is 12.0. The van der Waals surface area contributed by atoms with E-state index in [0.717, 1.165) is 5.56 Å². The Bertz CT molecular complexity index is 504. The number of carbonyl (C=O) groups is 3. The number of nitrogens with one attached hydrogen (secondary N) is 2. The number of hydrogen-bond donors (Lipinski definition) is 3. The van der Waals surface area contributed by atoms with Crippen molar-refractivity contribution in [3.05, 3.63) is 35.9 Å². The second-order valence-corrected chi connectivity index (χ2v) is 4.65. The summed E-state index contributed by atoms with van der Waals surface area (Å²) in [6.45, 7) is 1.60. The topological polar surface area (TPSA) is 98.7 Å². The molecule has 1 atom stereocenters. The number of amides is 3. The molecule has 0 heterocycles. The third-order valence-electron chi connectivity index (χ3n) is 2.96. The zero-order chi connectivity index (χ0) is 15.8. The molecule has 0 radical (unpaired) electrons. The highest BCUT2D eigenvalue weighted by Gasteiger charge is 2.19. The molecule has 0 bridgehead atoms. The molecule has 0 aliphatic heterocycles. The van der Waals surface area contributed by atoms with Crippen molar-refractivity contribution in [3.63, 3.8) is 0 Å². The smallest absolute Gasteiger partial charge is 0.321 e. The van der Waals surface area contributed by atoms with Gasteiger partial charge in [0.25, 0.3) is 0 Å². The molecule has 7 heteroatoms. The quantitative estimate of drug-likeness (QED) is 0.706. The van der Waals surface area contributed by atoms with Crippen molar-refractivity contribution in [1.29, 1.82) is 0 Å². The highest BCUT2D eigenvalue weighted by Crippen LogP contribution is 1.97. The lowest BCUT2D eigenvalue weighted by atomic mass is 10.2. The third-order valence-corrected chi connectivity index (χ3v) is 2.96. The standard InChI is InChI=1S/C14H19N3O4/c1-10(13(19)20)17(2)9-12(18)16-14(21)15-8-11-6-4-3-5-7-11/h3-7,10H,8-9H2,1-2H3,(H,19,20)(H2,15,16,18,21). The molecule has 7 nitrogen and oxygen atoms in total. The lowest BCUT2D eigenvalue weighted by Gasteiger charge is -2.20. The van der Waals surface area contributed by atoms with Crippen LogP contribution in [0.3, 0.4) is 0 Å². The van der Waals surface area contributed by atoms with Gasteiger partial charge in [0.05, 0.1) is 6.54 Å². The number of imide groups is 1. The normalized spacial score (nSPS) is 11.8. The van der Waals surface area contributed by atoms with Gasteiger partial charge in [-0.15, -0.1) is 0 Å². The summed E-state index contributed by atoms with van der Waals surface area (Å²) in [5.41, 5.74) is 0.914. The molecule has 1 aromatic carbocycles. The summed E-state index contributed by atoms with van der Waals surface area (Å²) in [6.07, 6.45) is 0. The van der Waals surface area contributed by atoms with Gasteiger partial charge in [-0.2, -0.15) is 0 Å². The Hall–Kier alpha value is -2.41. The van der Waals surface area contributed by atoms with Crippen molar-refractivity contribution in [2.45, 2.75) is 19.5 Å². The second kappa shape index (κ2) is 8.01. The van der Waals surface area contributed by atoms with Gasteiger partial charge in [0, 0.05) is 6.54 Å². The Morgan fingerprint density at radius 3 is 2.43 bits per heavy atom. The van der Waals surface area contributed by atoms with E-state index in [1.54, 1.807) is 0 Å². The van der Waals surface area contributed by atoms with Gasteiger partial charge in [0.2, 0.25) is 5.91 Å². The molecule has 1 unspecified atom stereocenters. The SMILES string of the molecule is CC(C(=O)O)N(C)CC(=O)NC(=O)NCc1ccccc1. The Kier molecular flexibility index (Phi) is 6.35. The molecular formula is C14H19N3O4. The summed E-state index contributed by atoms with van der Waals surface area (Å²) < 4.78 is 0. The minimum atomic E-state index is -1.03. The Morgan fingerprint density at radius 2 is 1.86 bits per heavy atom. The van der Waals surface area contributed by atoms with Gasteiger partial charge in [0.1, 0.15) is 6.04 Å². The maximum Gasteiger partial charge on any atom is 0.321 e. The number of carbonyl (C=O) groups excluding carboxylic acids is 2. The van der Waals surface area contributed by atoms with Gasteiger partial charge in [-0.1, -0.05) is 30.3 Å². The summed E-state index contributed by atoms with van der Waals surface area (Å²) in [7, 11) is 1.50. The molecule has 0 spiro atoms. The molecule has 0 saturated heterocycles. The highest BCUT2D eigenvalue weighted by molar-refractivity contribution is 5.95. The molecule has 0 saturated carbocycles. The summed E-state index contributed by atoms with van der Waals surface area (Å²) in [6, 6.07) is 7.86. The summed E-state index contributed by atoms with van der Waals surface area (Å²) in [4.78, 5) is 35.2. The first-order valence-corrected chi connectivity index (χ1v) is 6.44. The first-order chi connectivity index (χ1) is 9.90. The maximum absolute atomic E-state index is 11.6. The number of carboxylic acid groups (broad SMARTS) is 1. The average Bonchev–Trinajstić information content (AvgIpc) is 2.45. The molecule has 0 aliphatic carbocycles. The van der Waals surface area contributed by atoms with Crippen LogP contribution in [0.4, 0.5) is 4.79 Å². The fourth-order valence-electron chi connectivity index (χ4n) is 1.54. The van der Waals surface area contributed by atoms with Gasteiger partial charge in [0.15, 0.2) is 0 Å². The summed E-state index contributed by atoms with van der Waals surface area (Å²) in [5, 5.41) is 13.5. The van der Waals surface area contributed by atoms with E-state index in [2.05, 4.69) is 10.6 Å². The van der Waals surface area contributed by atoms with Gasteiger partial charge in [-0.25, -0.2) is 4.79 Å². The van der Waals surface area contributed by atoms with E-state index in [-0.39, 0.29) is 6.54 Å². The number of nitrogens with zero attached hydrogens (tertiary/aromatic N) is 1. The summed E-state index contributed by atoms with van der Waals surface area (Å²) in [5.74, 6) is -1.59. The fraction of sp³-hybridized carbons (Fsp3) is 0.357. The van der Waals surface area contributed by atoms with Crippen LogP contribution in [0, 0.1) is 0 Å². The minimum Gasteiger partial charge on any atom is -0.480 e. The summed E-state index contributed by atoms with van der Waals surface area (Å²) >= 11 is 0. The number of hydrogen-bond acceptors (Lipinski definition) is 4. The molecule has 0 aromatic heterocycles. The molecule has 21 heavy (non-hydrogen) atoms. The predicted octanol–water partition coefficient (Wildman–Crippen LogP) is 0.417. The minimum absolute atomic E-state index is 0.174. The van der Waals surface area contributed by atoms with Crippen molar-refractivity contribution in [3.8, 4) is 0 Å². The van der Waals surface area contributed by atoms with Crippen molar-refractivity contribution < 1.29 is 19.5 Å². The van der Waals surface area contributed by atoms with Gasteiger partial charge in [-0.3, -0.25) is 19.8 Å². The van der Waals surface area contributed by atoms with E-state index in [1.807, 2.05) is 30.3 Å². The number of rotatable bonds is 6. The average molecular weight is 293 g/mol. The van der Waals surface area contributed by atoms with Gasteiger partial charge < -0.3 is 10.4 Å². The van der Waals surface area contributed by atoms with Crippen molar-refractivity contribution in [2.75, 3.05) is 13.6 Å². The van der Waals surface area contributed by atoms with Crippen molar-refractivity contribution in [1.82, 2.24) is 15.5 Å². The Morgan fingerprint density at radius 1 is 1.24 bits per heavy atom. The van der Waals surface area contributed by atoms with Crippen LogP contribution in [0.2, 0.25) is 0 Å². The number of carboxylic acids is 1. The maximum atomic E-state index is 11.6. The fourth-order valence-corrected chi connectivity index (χ4v) is 1.54. The molecule has 1 rings (SSSR count). The highest BCUT2D eigenvalue weighted by atomic mass is 16.4. The van der Waals surface area contributed by atoms with Gasteiger partial charge >= 0.3 is 12.0 Å². The van der Waals surface area contributed by atoms with E-state index in [0.29, 0.717) is 6.54 Å². The monoisotopic (exact) mass is 293 g/mol. The molecule has 1 aromatic rings. The lowest BCUT2D eigenvalue weighted by molar-refractivity contribution is -0.142. The lowest BCUT2D eigenvalue weighted by Crippen LogP contribution is -2.46. The van der Waals surface area contributed by atoms with E-state index in [4.69, 9.17) is 5.11 Å². The van der Waals surface area contributed by atoms with Crippen LogP contribution in [-0.4, -0.2) is 47.5 Å². The van der Waals surface area contributed by atoms with Crippen LogP contribution in [0.25, 0.3) is 0 Å².